The molecule has 0 bridgehead atoms. The van der Waals surface area contributed by atoms with E-state index in [4.69, 9.17) is 0 Å². The molecular formula is C22H20N4O2S2. The summed E-state index contributed by atoms with van der Waals surface area (Å²) in [5.74, 6) is -0.127. The quantitative estimate of drug-likeness (QED) is 0.461. The van der Waals surface area contributed by atoms with E-state index >= 15 is 0 Å². The highest BCUT2D eigenvalue weighted by Crippen LogP contribution is 2.39. The highest BCUT2D eigenvalue weighted by Gasteiger charge is 2.27. The molecule has 6 nitrogen and oxygen atoms in total. The average Bonchev–Trinajstić information content (AvgIpc) is 3.45. The molecule has 4 aromatic rings. The van der Waals surface area contributed by atoms with Gasteiger partial charge in [0.15, 0.2) is 9.84 Å². The van der Waals surface area contributed by atoms with Gasteiger partial charge in [-0.1, -0.05) is 24.3 Å². The Bertz CT molecular complexity index is 1280. The maximum Gasteiger partial charge on any atom is 0.184 e. The van der Waals surface area contributed by atoms with Gasteiger partial charge in [-0.25, -0.2) is 13.4 Å². The third kappa shape index (κ3) is 3.57. The van der Waals surface area contributed by atoms with Crippen molar-refractivity contribution in [3.8, 4) is 0 Å². The summed E-state index contributed by atoms with van der Waals surface area (Å²) in [6.07, 6.45) is 7.31. The summed E-state index contributed by atoms with van der Waals surface area (Å²) < 4.78 is 29.6. The van der Waals surface area contributed by atoms with Crippen molar-refractivity contribution in [3.05, 3.63) is 77.8 Å². The van der Waals surface area contributed by atoms with Crippen LogP contribution in [0.5, 0.6) is 0 Å². The first-order chi connectivity index (χ1) is 14.6. The SMILES string of the molecule is O=S(=O)(Cc1ncns1)c1ccc2c(N3CCC[C@H]3c3cccnc3)cccc2c1. The fourth-order valence-corrected chi connectivity index (χ4v) is 6.30. The summed E-state index contributed by atoms with van der Waals surface area (Å²) in [5.41, 5.74) is 2.34. The number of pyridine rings is 1. The van der Waals surface area contributed by atoms with Gasteiger partial charge in [-0.05, 0) is 59.6 Å². The van der Waals surface area contributed by atoms with Gasteiger partial charge in [0.05, 0.1) is 10.9 Å². The molecule has 152 valence electrons. The molecule has 0 spiro atoms. The molecule has 5 rings (SSSR count). The Hall–Kier alpha value is -2.84. The predicted octanol–water partition coefficient (Wildman–Crippen LogP) is 4.40. The van der Waals surface area contributed by atoms with Crippen LogP contribution < -0.4 is 4.90 Å². The van der Waals surface area contributed by atoms with Gasteiger partial charge in [0, 0.05) is 30.0 Å². The van der Waals surface area contributed by atoms with E-state index in [2.05, 4.69) is 31.4 Å². The molecule has 2 aromatic carbocycles. The van der Waals surface area contributed by atoms with Crippen LogP contribution in [0, 0.1) is 0 Å². The van der Waals surface area contributed by atoms with Gasteiger partial charge >= 0.3 is 0 Å². The molecule has 3 heterocycles. The summed E-state index contributed by atoms with van der Waals surface area (Å²) in [6, 6.07) is 15.9. The fourth-order valence-electron chi connectivity index (χ4n) is 4.17. The lowest BCUT2D eigenvalue weighted by Crippen LogP contribution is -2.22. The van der Waals surface area contributed by atoms with Gasteiger partial charge in [-0.2, -0.15) is 4.37 Å². The van der Waals surface area contributed by atoms with Crippen LogP contribution >= 0.6 is 11.5 Å². The van der Waals surface area contributed by atoms with Gasteiger partial charge in [0.2, 0.25) is 0 Å². The standard InChI is InChI=1S/C22H20N4O2S2/c27-30(28,14-22-24-15-25-29-22)18-8-9-19-16(12-18)4-1-6-21(19)26-11-3-7-20(26)17-5-2-10-23-13-17/h1-2,4-6,8-10,12-13,15,20H,3,7,11,14H2/t20-/m0/s1. The van der Waals surface area contributed by atoms with Crippen LogP contribution in [0.15, 0.2) is 72.1 Å². The zero-order chi connectivity index (χ0) is 20.6. The van der Waals surface area contributed by atoms with E-state index in [1.54, 1.807) is 18.3 Å². The lowest BCUT2D eigenvalue weighted by atomic mass is 10.0. The molecule has 0 saturated carbocycles. The maximum absolute atomic E-state index is 12.8. The van der Waals surface area contributed by atoms with E-state index in [-0.39, 0.29) is 11.8 Å². The molecule has 0 amide bonds. The zero-order valence-electron chi connectivity index (χ0n) is 16.2. The van der Waals surface area contributed by atoms with Crippen molar-refractivity contribution in [2.24, 2.45) is 0 Å². The number of hydrogen-bond acceptors (Lipinski definition) is 7. The predicted molar refractivity (Wildman–Crippen MR) is 118 cm³/mol. The van der Waals surface area contributed by atoms with Crippen molar-refractivity contribution in [1.29, 1.82) is 0 Å². The molecule has 30 heavy (non-hydrogen) atoms. The Balaban J connectivity index is 1.52. The summed E-state index contributed by atoms with van der Waals surface area (Å²) in [7, 11) is -3.47. The van der Waals surface area contributed by atoms with E-state index in [0.29, 0.717) is 9.90 Å². The molecule has 8 heteroatoms. The highest BCUT2D eigenvalue weighted by atomic mass is 32.2. The minimum atomic E-state index is -3.47. The Morgan fingerprint density at radius 3 is 2.87 bits per heavy atom. The monoisotopic (exact) mass is 436 g/mol. The van der Waals surface area contributed by atoms with Crippen LogP contribution in [0.2, 0.25) is 0 Å². The van der Waals surface area contributed by atoms with E-state index in [9.17, 15) is 8.42 Å². The van der Waals surface area contributed by atoms with Crippen molar-refractivity contribution < 1.29 is 8.42 Å². The number of benzene rings is 2. The minimum Gasteiger partial charge on any atom is -0.364 e. The number of rotatable bonds is 5. The first kappa shape index (κ1) is 19.1. The molecule has 0 unspecified atom stereocenters. The van der Waals surface area contributed by atoms with Crippen LogP contribution in [-0.4, -0.2) is 29.3 Å². The van der Waals surface area contributed by atoms with E-state index in [1.165, 1.54) is 11.9 Å². The molecule has 0 N–H and O–H groups in total. The zero-order valence-corrected chi connectivity index (χ0v) is 17.8. The van der Waals surface area contributed by atoms with Gasteiger partial charge in [0.25, 0.3) is 0 Å². The molecule has 1 aliphatic heterocycles. The summed E-state index contributed by atoms with van der Waals surface area (Å²) in [6.45, 7) is 0.968. The third-order valence-corrected chi connectivity index (χ3v) is 8.01. The van der Waals surface area contributed by atoms with Crippen LogP contribution in [0.1, 0.15) is 29.5 Å². The second-order valence-electron chi connectivity index (χ2n) is 7.39. The van der Waals surface area contributed by atoms with E-state index in [0.717, 1.165) is 47.4 Å². The number of fused-ring (bicyclic) bond motifs is 1. The van der Waals surface area contributed by atoms with Crippen LogP contribution in [-0.2, 0) is 15.6 Å². The summed E-state index contributed by atoms with van der Waals surface area (Å²) in [5, 5.41) is 2.48. The van der Waals surface area contributed by atoms with E-state index in [1.807, 2.05) is 30.5 Å². The molecule has 1 atom stereocenters. The molecule has 2 aromatic heterocycles. The van der Waals surface area contributed by atoms with Gasteiger partial charge < -0.3 is 4.90 Å². The Morgan fingerprint density at radius 1 is 1.13 bits per heavy atom. The fraction of sp³-hybridized carbons (Fsp3) is 0.227. The number of aromatic nitrogens is 3. The van der Waals surface area contributed by atoms with Crippen molar-refractivity contribution in [3.63, 3.8) is 0 Å². The van der Waals surface area contributed by atoms with Crippen LogP contribution in [0.3, 0.4) is 0 Å². The van der Waals surface area contributed by atoms with Gasteiger partial charge in [-0.15, -0.1) is 0 Å². The first-order valence-corrected chi connectivity index (χ1v) is 12.2. The third-order valence-electron chi connectivity index (χ3n) is 5.54. The largest absolute Gasteiger partial charge is 0.364 e. The number of nitrogens with zero attached hydrogens (tertiary/aromatic N) is 4. The number of anilines is 1. The highest BCUT2D eigenvalue weighted by molar-refractivity contribution is 7.90. The number of hydrogen-bond donors (Lipinski definition) is 0. The van der Waals surface area contributed by atoms with Gasteiger partial charge in [-0.3, -0.25) is 4.98 Å². The normalized spacial score (nSPS) is 16.9. The lowest BCUT2D eigenvalue weighted by Gasteiger charge is -2.28. The van der Waals surface area contributed by atoms with Crippen molar-refractivity contribution in [2.45, 2.75) is 29.5 Å². The first-order valence-electron chi connectivity index (χ1n) is 9.79. The van der Waals surface area contributed by atoms with Crippen LogP contribution in [0.4, 0.5) is 5.69 Å². The number of sulfone groups is 1. The molecular weight excluding hydrogens is 416 g/mol. The molecule has 1 saturated heterocycles. The minimum absolute atomic E-state index is 0.127. The van der Waals surface area contributed by atoms with E-state index < -0.39 is 9.84 Å². The topological polar surface area (TPSA) is 76.1 Å². The van der Waals surface area contributed by atoms with Crippen LogP contribution in [0.25, 0.3) is 10.8 Å². The van der Waals surface area contributed by atoms with Crippen molar-refractivity contribution >= 4 is 37.8 Å². The second kappa shape index (κ2) is 7.77. The molecule has 1 fully saturated rings. The Morgan fingerprint density at radius 2 is 2.07 bits per heavy atom. The summed E-state index contributed by atoms with van der Waals surface area (Å²) >= 11 is 1.11. The Labute approximate surface area is 179 Å². The molecule has 1 aliphatic rings. The maximum atomic E-state index is 12.8. The summed E-state index contributed by atoms with van der Waals surface area (Å²) in [4.78, 5) is 11.0. The van der Waals surface area contributed by atoms with Crippen molar-refractivity contribution in [2.75, 3.05) is 11.4 Å². The second-order valence-corrected chi connectivity index (χ2v) is 10.2. The molecule has 0 radical (unpaired) electrons. The average molecular weight is 437 g/mol. The molecule has 0 aliphatic carbocycles. The Kier molecular flexibility index (Phi) is 4.96. The van der Waals surface area contributed by atoms with Gasteiger partial charge in [0.1, 0.15) is 17.1 Å². The van der Waals surface area contributed by atoms with Crippen molar-refractivity contribution in [1.82, 2.24) is 14.3 Å². The smallest absolute Gasteiger partial charge is 0.184 e. The lowest BCUT2D eigenvalue weighted by molar-refractivity contribution is 0.595.